The van der Waals surface area contributed by atoms with Crippen LogP contribution in [0.5, 0.6) is 0 Å². The monoisotopic (exact) mass is 562 g/mol. The van der Waals surface area contributed by atoms with E-state index in [1.54, 1.807) is 0 Å². The van der Waals surface area contributed by atoms with Gasteiger partial charge in [-0.25, -0.2) is 0 Å². The molecule has 0 aromatic rings. The molecule has 0 aliphatic carbocycles. The quantitative estimate of drug-likeness (QED) is 0.0729. The molecule has 2 N–H and O–H groups in total. The molecule has 1 aliphatic heterocycles. The van der Waals surface area contributed by atoms with Gasteiger partial charge in [0, 0.05) is 25.9 Å². The summed E-state index contributed by atoms with van der Waals surface area (Å²) in [7, 11) is -3.71. The predicted molar refractivity (Wildman–Crippen MR) is 156 cm³/mol. The van der Waals surface area contributed by atoms with Crippen LogP contribution in [0.15, 0.2) is 0 Å². The van der Waals surface area contributed by atoms with Gasteiger partial charge in [-0.15, -0.1) is 0 Å². The summed E-state index contributed by atoms with van der Waals surface area (Å²) in [6, 6.07) is 0. The molecule has 1 aliphatic rings. The van der Waals surface area contributed by atoms with Gasteiger partial charge in [0.15, 0.2) is 0 Å². The Labute approximate surface area is 234 Å². The third kappa shape index (κ3) is 20.4. The largest absolute Gasteiger partial charge is 0.457 e. The normalized spacial score (nSPS) is 17.4. The van der Waals surface area contributed by atoms with Crippen molar-refractivity contribution >= 4 is 13.6 Å². The Kier molecular flexibility index (Phi) is 21.8. The standard InChI is InChI=1S/C30H60NO6P/c1-4-6-7-8-9-10-11-12-13-14-15-16-20-28(3)25-35-26-29(37-30(32)19-5-2)27-36-38(33,34)24-23-31-21-17-18-22-31/h28-29H,4-27H2,1-3H3,(H,33,34)/p+1. The number of carbonyl (C=O) groups is 1. The number of ether oxygens (including phenoxy) is 2. The molecular formula is C30H61NO6P+. The Morgan fingerprint density at radius 1 is 0.842 bits per heavy atom. The molecule has 0 saturated carbocycles. The second-order valence-electron chi connectivity index (χ2n) is 11.5. The first-order chi connectivity index (χ1) is 18.4. The van der Waals surface area contributed by atoms with Crippen LogP contribution in [-0.4, -0.2) is 62.6 Å². The van der Waals surface area contributed by atoms with E-state index in [0.29, 0.717) is 31.9 Å². The van der Waals surface area contributed by atoms with Gasteiger partial charge in [0.1, 0.15) is 6.10 Å². The highest BCUT2D eigenvalue weighted by molar-refractivity contribution is 7.52. The molecule has 38 heavy (non-hydrogen) atoms. The zero-order valence-electron chi connectivity index (χ0n) is 25.1. The average molecular weight is 563 g/mol. The number of likely N-dealkylation sites (tertiary alicyclic amines) is 1. The molecule has 226 valence electrons. The van der Waals surface area contributed by atoms with Crippen LogP contribution in [0.2, 0.25) is 0 Å². The van der Waals surface area contributed by atoms with Crippen LogP contribution in [0.3, 0.4) is 0 Å². The topological polar surface area (TPSA) is 86.5 Å². The van der Waals surface area contributed by atoms with Gasteiger partial charge in [0.25, 0.3) is 0 Å². The number of unbranched alkanes of at least 4 members (excludes halogenated alkanes) is 11. The van der Waals surface area contributed by atoms with E-state index in [2.05, 4.69) is 13.8 Å². The van der Waals surface area contributed by atoms with Gasteiger partial charge >= 0.3 is 13.6 Å². The van der Waals surface area contributed by atoms with E-state index in [1.165, 1.54) is 94.8 Å². The highest BCUT2D eigenvalue weighted by Gasteiger charge is 2.27. The van der Waals surface area contributed by atoms with Crippen molar-refractivity contribution in [1.82, 2.24) is 0 Å². The van der Waals surface area contributed by atoms with Crippen LogP contribution < -0.4 is 4.90 Å². The van der Waals surface area contributed by atoms with Crippen molar-refractivity contribution in [2.24, 2.45) is 5.92 Å². The van der Waals surface area contributed by atoms with Crippen molar-refractivity contribution in [2.45, 2.75) is 136 Å². The summed E-state index contributed by atoms with van der Waals surface area (Å²) < 4.78 is 29.2. The minimum Gasteiger partial charge on any atom is -0.457 e. The number of hydrogen-bond donors (Lipinski definition) is 2. The molecule has 1 saturated heterocycles. The molecule has 0 aromatic heterocycles. The third-order valence-corrected chi connectivity index (χ3v) is 8.87. The second-order valence-corrected chi connectivity index (χ2v) is 13.5. The Morgan fingerprint density at radius 2 is 1.42 bits per heavy atom. The summed E-state index contributed by atoms with van der Waals surface area (Å²) in [6.07, 6.45) is 20.2. The van der Waals surface area contributed by atoms with Crippen molar-refractivity contribution < 1.29 is 33.2 Å². The molecule has 1 fully saturated rings. The predicted octanol–water partition coefficient (Wildman–Crippen LogP) is 6.32. The van der Waals surface area contributed by atoms with Crippen LogP contribution in [0.1, 0.15) is 130 Å². The molecule has 8 heteroatoms. The van der Waals surface area contributed by atoms with E-state index in [1.807, 2.05) is 6.92 Å². The lowest BCUT2D eigenvalue weighted by Crippen LogP contribution is -3.10. The molecule has 3 atom stereocenters. The smallest absolute Gasteiger partial charge is 0.333 e. The van der Waals surface area contributed by atoms with E-state index in [4.69, 9.17) is 14.0 Å². The summed E-state index contributed by atoms with van der Waals surface area (Å²) in [5.41, 5.74) is 0. The molecule has 7 nitrogen and oxygen atoms in total. The van der Waals surface area contributed by atoms with Gasteiger partial charge in [0.2, 0.25) is 0 Å². The number of quaternary nitrogens is 1. The van der Waals surface area contributed by atoms with Crippen molar-refractivity contribution in [2.75, 3.05) is 45.6 Å². The molecule has 1 heterocycles. The fraction of sp³-hybridized carbons (Fsp3) is 0.967. The van der Waals surface area contributed by atoms with E-state index in [-0.39, 0.29) is 25.3 Å². The highest BCUT2D eigenvalue weighted by atomic mass is 31.2. The van der Waals surface area contributed by atoms with Crippen molar-refractivity contribution in [3.8, 4) is 0 Å². The van der Waals surface area contributed by atoms with Crippen molar-refractivity contribution in [1.29, 1.82) is 0 Å². The van der Waals surface area contributed by atoms with E-state index >= 15 is 0 Å². The van der Waals surface area contributed by atoms with Gasteiger partial charge < -0.3 is 23.8 Å². The van der Waals surface area contributed by atoms with Gasteiger partial charge in [-0.1, -0.05) is 97.8 Å². The Morgan fingerprint density at radius 3 is 2.00 bits per heavy atom. The Hall–Kier alpha value is -0.460. The first-order valence-corrected chi connectivity index (χ1v) is 17.7. The number of rotatable bonds is 26. The summed E-state index contributed by atoms with van der Waals surface area (Å²) in [5.74, 6) is 0.113. The number of carbonyl (C=O) groups excluding carboxylic acids is 1. The van der Waals surface area contributed by atoms with Crippen LogP contribution in [0, 0.1) is 5.92 Å². The second kappa shape index (κ2) is 23.3. The van der Waals surface area contributed by atoms with E-state index in [0.717, 1.165) is 19.5 Å². The summed E-state index contributed by atoms with van der Waals surface area (Å²) >= 11 is 0. The summed E-state index contributed by atoms with van der Waals surface area (Å²) in [6.45, 7) is 9.81. The Bertz CT molecular complexity index is 614. The van der Waals surface area contributed by atoms with Crippen molar-refractivity contribution in [3.63, 3.8) is 0 Å². The lowest BCUT2D eigenvalue weighted by Gasteiger charge is -2.21. The molecule has 0 spiro atoms. The molecule has 0 radical (unpaired) electrons. The summed E-state index contributed by atoms with van der Waals surface area (Å²) in [4.78, 5) is 23.7. The zero-order chi connectivity index (χ0) is 27.9. The maximum atomic E-state index is 12.5. The zero-order valence-corrected chi connectivity index (χ0v) is 26.0. The number of esters is 1. The van der Waals surface area contributed by atoms with Crippen molar-refractivity contribution in [3.05, 3.63) is 0 Å². The molecule has 3 unspecified atom stereocenters. The minimum atomic E-state index is -3.71. The lowest BCUT2D eigenvalue weighted by atomic mass is 10.0. The molecule has 0 bridgehead atoms. The number of nitrogens with one attached hydrogen (secondary N) is 1. The highest BCUT2D eigenvalue weighted by Crippen LogP contribution is 2.41. The van der Waals surface area contributed by atoms with Crippen LogP contribution in [-0.2, 0) is 23.4 Å². The maximum absolute atomic E-state index is 12.5. The van der Waals surface area contributed by atoms with Crippen LogP contribution >= 0.6 is 7.60 Å². The van der Waals surface area contributed by atoms with Gasteiger partial charge in [-0.3, -0.25) is 9.36 Å². The molecule has 1 rings (SSSR count). The number of hydrogen-bond acceptors (Lipinski definition) is 5. The first-order valence-electron chi connectivity index (χ1n) is 15.9. The molecular weight excluding hydrogens is 501 g/mol. The van der Waals surface area contributed by atoms with Gasteiger partial charge in [-0.2, -0.15) is 0 Å². The maximum Gasteiger partial charge on any atom is 0.333 e. The van der Waals surface area contributed by atoms with E-state index < -0.39 is 13.7 Å². The van der Waals surface area contributed by atoms with Crippen LogP contribution in [0.25, 0.3) is 0 Å². The molecule has 0 amide bonds. The van der Waals surface area contributed by atoms with E-state index in [9.17, 15) is 14.3 Å². The third-order valence-electron chi connectivity index (χ3n) is 7.53. The lowest BCUT2D eigenvalue weighted by molar-refractivity contribution is -0.884. The molecule has 0 aromatic carbocycles. The fourth-order valence-corrected chi connectivity index (χ4v) is 6.20. The SMILES string of the molecule is CCCCCCCCCCCCCCC(C)COCC(COP(=O)(O)CC[NH+]1CCCC1)OC(=O)CCC. The Balaban J connectivity index is 2.17. The van der Waals surface area contributed by atoms with Crippen LogP contribution in [0.4, 0.5) is 0 Å². The fourth-order valence-electron chi connectivity index (χ4n) is 5.07. The average Bonchev–Trinajstić information content (AvgIpc) is 3.41. The van der Waals surface area contributed by atoms with Gasteiger partial charge in [-0.05, 0) is 18.8 Å². The first kappa shape index (κ1) is 35.6. The summed E-state index contributed by atoms with van der Waals surface area (Å²) in [5, 5.41) is 0. The minimum absolute atomic E-state index is 0.105. The van der Waals surface area contributed by atoms with Gasteiger partial charge in [0.05, 0.1) is 39.0 Å².